The van der Waals surface area contributed by atoms with Crippen LogP contribution in [0.25, 0.3) is 0 Å². The van der Waals surface area contributed by atoms with E-state index in [2.05, 4.69) is 5.16 Å². The summed E-state index contributed by atoms with van der Waals surface area (Å²) in [6.45, 7) is 5.10. The number of carbonyl (C=O) groups is 2. The third-order valence-electron chi connectivity index (χ3n) is 2.38. The van der Waals surface area contributed by atoms with Gasteiger partial charge in [-0.1, -0.05) is 12.1 Å². The van der Waals surface area contributed by atoms with Gasteiger partial charge in [0.25, 0.3) is 5.91 Å². The molecule has 0 radical (unpaired) electrons. The average Bonchev–Trinajstić information content (AvgIpc) is 2.74. The minimum atomic E-state index is -1.13. The summed E-state index contributed by atoms with van der Waals surface area (Å²) in [6.07, 6.45) is 0.144. The number of carbonyl (C=O) groups excluding carboxylic acids is 1. The lowest BCUT2D eigenvalue weighted by atomic mass is 10.1. The second kappa shape index (κ2) is 5.48. The van der Waals surface area contributed by atoms with Gasteiger partial charge in [-0.3, -0.25) is 4.79 Å². The largest absolute Gasteiger partial charge is 0.477 e. The summed E-state index contributed by atoms with van der Waals surface area (Å²) in [4.78, 5) is 28.9. The highest BCUT2D eigenvalue weighted by atomic mass is 16.6. The smallest absolute Gasteiger partial charge is 0.353 e. The molecule has 0 spiro atoms. The third kappa shape index (κ3) is 2.71. The molecule has 1 aliphatic rings. The molecule has 16 heavy (non-hydrogen) atoms. The van der Waals surface area contributed by atoms with Gasteiger partial charge in [-0.2, -0.15) is 0 Å². The molecule has 0 aliphatic carbocycles. The molecular weight excluding hydrogens is 212 g/mol. The van der Waals surface area contributed by atoms with E-state index in [1.54, 1.807) is 4.90 Å². The average molecular weight is 228 g/mol. The van der Waals surface area contributed by atoms with E-state index in [9.17, 15) is 9.59 Å². The highest BCUT2D eigenvalue weighted by Crippen LogP contribution is 2.13. The lowest BCUT2D eigenvalue weighted by Crippen LogP contribution is -2.39. The van der Waals surface area contributed by atoms with E-state index in [0.29, 0.717) is 13.1 Å². The number of amides is 1. The van der Waals surface area contributed by atoms with Crippen molar-refractivity contribution in [3.8, 4) is 0 Å². The number of hydrogen-bond acceptors (Lipinski definition) is 4. The summed E-state index contributed by atoms with van der Waals surface area (Å²) < 4.78 is 0. The molecular formula is C10H16N2O4. The molecule has 6 heteroatoms. The van der Waals surface area contributed by atoms with Gasteiger partial charge in [0.2, 0.25) is 6.10 Å². The lowest BCUT2D eigenvalue weighted by Gasteiger charge is -2.22. The topological polar surface area (TPSA) is 79.2 Å². The van der Waals surface area contributed by atoms with Crippen LogP contribution >= 0.6 is 0 Å². The van der Waals surface area contributed by atoms with E-state index < -0.39 is 12.1 Å². The fraction of sp³-hybridized carbons (Fsp3) is 0.700. The number of carboxylic acid groups (broad SMARTS) is 1. The molecule has 1 unspecified atom stereocenters. The number of rotatable bonds is 5. The van der Waals surface area contributed by atoms with Crippen LogP contribution in [0.1, 0.15) is 26.7 Å². The minimum absolute atomic E-state index is 0.0500. The van der Waals surface area contributed by atoms with Crippen LogP contribution in [-0.4, -0.2) is 46.8 Å². The SMILES string of the molecule is CCCN(CC)C(=O)C1CC(C(=O)O)=NO1. The van der Waals surface area contributed by atoms with Crippen LogP contribution in [0.5, 0.6) is 0 Å². The van der Waals surface area contributed by atoms with Gasteiger partial charge >= 0.3 is 5.97 Å². The maximum absolute atomic E-state index is 11.9. The van der Waals surface area contributed by atoms with Gasteiger partial charge in [0, 0.05) is 19.5 Å². The second-order valence-electron chi connectivity index (χ2n) is 3.56. The van der Waals surface area contributed by atoms with Gasteiger partial charge in [0.15, 0.2) is 5.71 Å². The van der Waals surface area contributed by atoms with E-state index in [1.165, 1.54) is 0 Å². The standard InChI is InChI=1S/C10H16N2O4/c1-3-5-12(4-2)9(13)8-6-7(10(14)15)11-16-8/h8H,3-6H2,1-2H3,(H,14,15). The number of hydrogen-bond donors (Lipinski definition) is 1. The molecule has 1 rings (SSSR count). The number of aliphatic carboxylic acids is 1. The van der Waals surface area contributed by atoms with Crippen molar-refractivity contribution in [3.05, 3.63) is 0 Å². The summed E-state index contributed by atoms with van der Waals surface area (Å²) in [5.74, 6) is -1.32. The predicted molar refractivity (Wildman–Crippen MR) is 57.1 cm³/mol. The Labute approximate surface area is 93.9 Å². The Balaban J connectivity index is 2.55. The summed E-state index contributed by atoms with van der Waals surface area (Å²) >= 11 is 0. The zero-order valence-electron chi connectivity index (χ0n) is 9.47. The number of likely N-dealkylation sites (N-methyl/N-ethyl adjacent to an activating group) is 1. The quantitative estimate of drug-likeness (QED) is 0.742. The fourth-order valence-electron chi connectivity index (χ4n) is 1.53. The third-order valence-corrected chi connectivity index (χ3v) is 2.38. The molecule has 1 heterocycles. The van der Waals surface area contributed by atoms with Crippen molar-refractivity contribution in [1.29, 1.82) is 0 Å². The van der Waals surface area contributed by atoms with Crippen molar-refractivity contribution in [2.75, 3.05) is 13.1 Å². The van der Waals surface area contributed by atoms with Crippen molar-refractivity contribution < 1.29 is 19.5 Å². The summed E-state index contributed by atoms with van der Waals surface area (Å²) in [5, 5.41) is 12.1. The Morgan fingerprint density at radius 1 is 1.56 bits per heavy atom. The van der Waals surface area contributed by atoms with Gasteiger partial charge in [0.05, 0.1) is 0 Å². The number of carboxylic acids is 1. The van der Waals surface area contributed by atoms with Crippen molar-refractivity contribution in [2.45, 2.75) is 32.8 Å². The van der Waals surface area contributed by atoms with Gasteiger partial charge in [-0.25, -0.2) is 4.79 Å². The highest BCUT2D eigenvalue weighted by molar-refractivity contribution is 6.36. The van der Waals surface area contributed by atoms with Crippen molar-refractivity contribution >= 4 is 17.6 Å². The molecule has 1 amide bonds. The van der Waals surface area contributed by atoms with Crippen LogP contribution in [0.2, 0.25) is 0 Å². The van der Waals surface area contributed by atoms with Crippen LogP contribution in [0, 0.1) is 0 Å². The number of nitrogens with zero attached hydrogens (tertiary/aromatic N) is 2. The fourth-order valence-corrected chi connectivity index (χ4v) is 1.53. The summed E-state index contributed by atoms with van der Waals surface area (Å²) in [7, 11) is 0. The summed E-state index contributed by atoms with van der Waals surface area (Å²) in [6, 6.07) is 0. The van der Waals surface area contributed by atoms with Gasteiger partial charge in [-0.05, 0) is 13.3 Å². The molecule has 0 bridgehead atoms. The molecule has 0 aromatic carbocycles. The molecule has 0 aromatic heterocycles. The van der Waals surface area contributed by atoms with Crippen LogP contribution < -0.4 is 0 Å². The first-order chi connectivity index (χ1) is 7.60. The monoisotopic (exact) mass is 228 g/mol. The van der Waals surface area contributed by atoms with E-state index in [1.807, 2.05) is 13.8 Å². The minimum Gasteiger partial charge on any atom is -0.477 e. The van der Waals surface area contributed by atoms with Crippen molar-refractivity contribution in [3.63, 3.8) is 0 Å². The Kier molecular flexibility index (Phi) is 4.28. The van der Waals surface area contributed by atoms with Gasteiger partial charge in [-0.15, -0.1) is 0 Å². The first-order valence-corrected chi connectivity index (χ1v) is 5.34. The van der Waals surface area contributed by atoms with E-state index in [-0.39, 0.29) is 18.0 Å². The van der Waals surface area contributed by atoms with E-state index in [0.717, 1.165) is 6.42 Å². The van der Waals surface area contributed by atoms with Crippen LogP contribution in [0.4, 0.5) is 0 Å². The molecule has 0 aromatic rings. The Morgan fingerprint density at radius 2 is 2.25 bits per heavy atom. The Bertz CT molecular complexity index is 314. The predicted octanol–water partition coefficient (Wildman–Crippen LogP) is 0.474. The van der Waals surface area contributed by atoms with Crippen molar-refractivity contribution in [2.24, 2.45) is 5.16 Å². The van der Waals surface area contributed by atoms with Crippen LogP contribution in [-0.2, 0) is 14.4 Å². The zero-order chi connectivity index (χ0) is 12.1. The maximum Gasteiger partial charge on any atom is 0.353 e. The maximum atomic E-state index is 11.9. The van der Waals surface area contributed by atoms with Gasteiger partial charge < -0.3 is 14.8 Å². The molecule has 1 N–H and O–H groups in total. The zero-order valence-corrected chi connectivity index (χ0v) is 9.47. The molecule has 90 valence electrons. The van der Waals surface area contributed by atoms with Crippen LogP contribution in [0.3, 0.4) is 0 Å². The molecule has 0 fully saturated rings. The lowest BCUT2D eigenvalue weighted by molar-refractivity contribution is -0.141. The molecule has 6 nitrogen and oxygen atoms in total. The number of oxime groups is 1. The second-order valence-corrected chi connectivity index (χ2v) is 3.56. The highest BCUT2D eigenvalue weighted by Gasteiger charge is 2.33. The van der Waals surface area contributed by atoms with Gasteiger partial charge in [0.1, 0.15) is 0 Å². The van der Waals surface area contributed by atoms with Crippen LogP contribution in [0.15, 0.2) is 5.16 Å². The Morgan fingerprint density at radius 3 is 2.69 bits per heavy atom. The normalized spacial score (nSPS) is 18.9. The van der Waals surface area contributed by atoms with E-state index in [4.69, 9.17) is 9.94 Å². The molecule has 0 saturated carbocycles. The Hall–Kier alpha value is -1.59. The summed E-state index contributed by atoms with van der Waals surface area (Å²) in [5.41, 5.74) is -0.0918. The first kappa shape index (κ1) is 12.5. The molecule has 1 aliphatic heterocycles. The molecule has 1 atom stereocenters. The first-order valence-electron chi connectivity index (χ1n) is 5.34. The molecule has 0 saturated heterocycles. The van der Waals surface area contributed by atoms with Crippen molar-refractivity contribution in [1.82, 2.24) is 4.90 Å². The van der Waals surface area contributed by atoms with E-state index >= 15 is 0 Å².